The van der Waals surface area contributed by atoms with Gasteiger partial charge in [0.15, 0.2) is 0 Å². The molecule has 1 aromatic heterocycles. The fourth-order valence-electron chi connectivity index (χ4n) is 1.75. The van der Waals surface area contributed by atoms with Crippen LogP contribution < -0.4 is 0 Å². The van der Waals surface area contributed by atoms with E-state index in [2.05, 4.69) is 18.9 Å². The summed E-state index contributed by atoms with van der Waals surface area (Å²) in [5, 5.41) is 14.1. The van der Waals surface area contributed by atoms with Crippen molar-refractivity contribution in [1.29, 1.82) is 0 Å². The van der Waals surface area contributed by atoms with Crippen LogP contribution in [-0.4, -0.2) is 20.9 Å². The number of hydrogen-bond acceptors (Lipinski definition) is 2. The van der Waals surface area contributed by atoms with Crippen LogP contribution in [0, 0.1) is 5.92 Å². The molecule has 0 saturated carbocycles. The molecule has 84 valence electrons. The van der Waals surface area contributed by atoms with Crippen molar-refractivity contribution in [2.75, 3.05) is 0 Å². The predicted octanol–water partition coefficient (Wildman–Crippen LogP) is 2.39. The Morgan fingerprint density at radius 1 is 1.50 bits per heavy atom. The molecule has 16 heavy (non-hydrogen) atoms. The molecule has 4 heteroatoms. The number of hydrogen-bond donors (Lipinski definition) is 1. The maximum Gasteiger partial charge on any atom is 0.336 e. The molecule has 1 aromatic carbocycles. The lowest BCUT2D eigenvalue weighted by Crippen LogP contribution is -2.04. The van der Waals surface area contributed by atoms with Crippen molar-refractivity contribution in [1.82, 2.24) is 9.78 Å². The third kappa shape index (κ3) is 1.91. The van der Waals surface area contributed by atoms with Gasteiger partial charge in [-0.2, -0.15) is 5.10 Å². The zero-order chi connectivity index (χ0) is 11.7. The summed E-state index contributed by atoms with van der Waals surface area (Å²) < 4.78 is 1.81. The van der Waals surface area contributed by atoms with E-state index in [1.807, 2.05) is 10.7 Å². The van der Waals surface area contributed by atoms with Crippen LogP contribution in [0.4, 0.5) is 0 Å². The Morgan fingerprint density at radius 3 is 2.88 bits per heavy atom. The monoisotopic (exact) mass is 218 g/mol. The van der Waals surface area contributed by atoms with Crippen LogP contribution in [0.5, 0.6) is 0 Å². The molecule has 0 aliphatic heterocycles. The molecule has 0 spiro atoms. The van der Waals surface area contributed by atoms with E-state index >= 15 is 0 Å². The van der Waals surface area contributed by atoms with E-state index in [1.54, 1.807) is 18.3 Å². The summed E-state index contributed by atoms with van der Waals surface area (Å²) in [6.07, 6.45) is 1.80. The van der Waals surface area contributed by atoms with Gasteiger partial charge in [0.2, 0.25) is 0 Å². The lowest BCUT2D eigenvalue weighted by atomic mass is 10.1. The maximum absolute atomic E-state index is 11.0. The van der Waals surface area contributed by atoms with E-state index in [0.717, 1.165) is 12.1 Å². The van der Waals surface area contributed by atoms with Gasteiger partial charge in [0.05, 0.1) is 11.1 Å². The van der Waals surface area contributed by atoms with Crippen LogP contribution >= 0.6 is 0 Å². The first-order chi connectivity index (χ1) is 7.58. The third-order valence-corrected chi connectivity index (χ3v) is 2.38. The summed E-state index contributed by atoms with van der Waals surface area (Å²) in [6.45, 7) is 5.00. The summed E-state index contributed by atoms with van der Waals surface area (Å²) in [4.78, 5) is 11.0. The van der Waals surface area contributed by atoms with E-state index < -0.39 is 5.97 Å². The van der Waals surface area contributed by atoms with Crippen molar-refractivity contribution in [2.24, 2.45) is 5.92 Å². The zero-order valence-corrected chi connectivity index (χ0v) is 9.34. The van der Waals surface area contributed by atoms with Gasteiger partial charge in [0, 0.05) is 18.1 Å². The average molecular weight is 218 g/mol. The largest absolute Gasteiger partial charge is 0.478 e. The molecule has 0 bridgehead atoms. The Balaban J connectivity index is 2.52. The van der Waals surface area contributed by atoms with Crippen molar-refractivity contribution >= 4 is 16.9 Å². The highest BCUT2D eigenvalue weighted by atomic mass is 16.4. The molecule has 2 aromatic rings. The first-order valence-electron chi connectivity index (χ1n) is 5.27. The fraction of sp³-hybridized carbons (Fsp3) is 0.333. The van der Waals surface area contributed by atoms with Crippen LogP contribution in [0.2, 0.25) is 0 Å². The van der Waals surface area contributed by atoms with Gasteiger partial charge < -0.3 is 5.11 Å². The first-order valence-corrected chi connectivity index (χ1v) is 5.27. The van der Waals surface area contributed by atoms with Crippen LogP contribution in [0.15, 0.2) is 24.4 Å². The number of fused-ring (bicyclic) bond motifs is 1. The minimum absolute atomic E-state index is 0.313. The van der Waals surface area contributed by atoms with Gasteiger partial charge >= 0.3 is 5.97 Å². The molecule has 2 rings (SSSR count). The van der Waals surface area contributed by atoms with Crippen LogP contribution in [0.25, 0.3) is 10.9 Å². The van der Waals surface area contributed by atoms with Crippen LogP contribution in [-0.2, 0) is 6.54 Å². The number of benzene rings is 1. The van der Waals surface area contributed by atoms with E-state index in [0.29, 0.717) is 16.9 Å². The second kappa shape index (κ2) is 3.96. The number of carboxylic acid groups (broad SMARTS) is 1. The molecule has 0 unspecified atom stereocenters. The van der Waals surface area contributed by atoms with Crippen molar-refractivity contribution < 1.29 is 9.90 Å². The van der Waals surface area contributed by atoms with Crippen molar-refractivity contribution in [3.05, 3.63) is 30.0 Å². The summed E-state index contributed by atoms with van der Waals surface area (Å²) in [6, 6.07) is 5.16. The van der Waals surface area contributed by atoms with Gasteiger partial charge in [-0.1, -0.05) is 19.9 Å². The van der Waals surface area contributed by atoms with Gasteiger partial charge in [0.1, 0.15) is 0 Å². The van der Waals surface area contributed by atoms with Crippen molar-refractivity contribution in [3.63, 3.8) is 0 Å². The Labute approximate surface area is 93.5 Å². The average Bonchev–Trinajstić information content (AvgIpc) is 2.57. The number of aromatic carboxylic acids is 1. The molecule has 0 amide bonds. The molecular weight excluding hydrogens is 204 g/mol. The van der Waals surface area contributed by atoms with Gasteiger partial charge in [-0.25, -0.2) is 4.79 Å². The summed E-state index contributed by atoms with van der Waals surface area (Å²) >= 11 is 0. The maximum atomic E-state index is 11.0. The van der Waals surface area contributed by atoms with Crippen molar-refractivity contribution in [2.45, 2.75) is 20.4 Å². The number of carboxylic acids is 1. The van der Waals surface area contributed by atoms with Gasteiger partial charge in [0.25, 0.3) is 0 Å². The lowest BCUT2D eigenvalue weighted by Gasteiger charge is -2.02. The third-order valence-electron chi connectivity index (χ3n) is 2.38. The van der Waals surface area contributed by atoms with Gasteiger partial charge in [-0.05, 0) is 18.1 Å². The SMILES string of the molecule is CC(C)Cn1cc2c(C(=O)O)cccc2n1. The quantitative estimate of drug-likeness (QED) is 0.860. The van der Waals surface area contributed by atoms with E-state index in [1.165, 1.54) is 0 Å². The Bertz CT molecular complexity index is 529. The Kier molecular flexibility index (Phi) is 2.64. The molecule has 0 saturated heterocycles. The molecule has 4 nitrogen and oxygen atoms in total. The second-order valence-electron chi connectivity index (χ2n) is 4.29. The number of aromatic nitrogens is 2. The molecule has 0 radical (unpaired) electrons. The van der Waals surface area contributed by atoms with E-state index in [4.69, 9.17) is 5.11 Å². The highest BCUT2D eigenvalue weighted by Gasteiger charge is 2.11. The molecule has 1 heterocycles. The predicted molar refractivity (Wildman–Crippen MR) is 61.5 cm³/mol. The summed E-state index contributed by atoms with van der Waals surface area (Å²) in [5.41, 5.74) is 1.05. The highest BCUT2D eigenvalue weighted by molar-refractivity contribution is 6.02. The second-order valence-corrected chi connectivity index (χ2v) is 4.29. The number of rotatable bonds is 3. The molecule has 0 aliphatic rings. The molecule has 0 atom stereocenters. The normalized spacial score (nSPS) is 11.2. The molecule has 0 aliphatic carbocycles. The molecular formula is C12H14N2O2. The van der Waals surface area contributed by atoms with Gasteiger partial charge in [-0.15, -0.1) is 0 Å². The van der Waals surface area contributed by atoms with E-state index in [9.17, 15) is 4.79 Å². The Morgan fingerprint density at radius 2 is 2.25 bits per heavy atom. The van der Waals surface area contributed by atoms with Crippen molar-refractivity contribution in [3.8, 4) is 0 Å². The summed E-state index contributed by atoms with van der Waals surface area (Å²) in [5.74, 6) is -0.419. The minimum Gasteiger partial charge on any atom is -0.478 e. The van der Waals surface area contributed by atoms with Crippen LogP contribution in [0.1, 0.15) is 24.2 Å². The number of carbonyl (C=O) groups is 1. The lowest BCUT2D eigenvalue weighted by molar-refractivity contribution is 0.0699. The van der Waals surface area contributed by atoms with E-state index in [-0.39, 0.29) is 0 Å². The molecule has 0 fully saturated rings. The highest BCUT2D eigenvalue weighted by Crippen LogP contribution is 2.18. The standard InChI is InChI=1S/C12H14N2O2/c1-8(2)6-14-7-10-9(12(15)16)4-3-5-11(10)13-14/h3-5,7-8H,6H2,1-2H3,(H,15,16). The first kappa shape index (κ1) is 10.7. The van der Waals surface area contributed by atoms with Crippen LogP contribution in [0.3, 0.4) is 0 Å². The Hall–Kier alpha value is -1.84. The number of nitrogens with zero attached hydrogens (tertiary/aromatic N) is 2. The summed E-state index contributed by atoms with van der Waals surface area (Å²) in [7, 11) is 0. The zero-order valence-electron chi connectivity index (χ0n) is 9.34. The minimum atomic E-state index is -0.908. The topological polar surface area (TPSA) is 55.1 Å². The van der Waals surface area contributed by atoms with Gasteiger partial charge in [-0.3, -0.25) is 4.68 Å². The smallest absolute Gasteiger partial charge is 0.336 e. The fourth-order valence-corrected chi connectivity index (χ4v) is 1.75. The molecule has 1 N–H and O–H groups in total.